The van der Waals surface area contributed by atoms with Gasteiger partial charge in [-0.05, 0) is 12.8 Å². The van der Waals surface area contributed by atoms with Gasteiger partial charge in [-0.15, -0.1) is 0 Å². The smallest absolute Gasteiger partial charge is 0.329 e. The van der Waals surface area contributed by atoms with Crippen LogP contribution in [0.4, 0.5) is 0 Å². The average Bonchev–Trinajstić information content (AvgIpc) is 2.55. The Balaban J connectivity index is 3.90. The van der Waals surface area contributed by atoms with Gasteiger partial charge in [0.15, 0.2) is 0 Å². The van der Waals surface area contributed by atoms with E-state index in [-0.39, 0.29) is 12.7 Å². The first-order chi connectivity index (χ1) is 12.7. The fourth-order valence-electron chi connectivity index (χ4n) is 3.08. The minimum absolute atomic E-state index is 0.177. The average molecular weight is 409 g/mol. The van der Waals surface area contributed by atoms with E-state index in [2.05, 4.69) is 13.8 Å². The highest BCUT2D eigenvalue weighted by atomic mass is 31.2. The summed E-state index contributed by atoms with van der Waals surface area (Å²) in [4.78, 5) is 9.97. The van der Waals surface area contributed by atoms with Crippen LogP contribution in [0.25, 0.3) is 0 Å². The molecule has 0 radical (unpaired) electrons. The molecule has 0 saturated carbocycles. The first kappa shape index (κ1) is 27.1. The summed E-state index contributed by atoms with van der Waals surface area (Å²) in [6.45, 7) is 5.23. The van der Waals surface area contributed by atoms with Gasteiger partial charge in [0.1, 0.15) is 13.2 Å². The van der Waals surface area contributed by atoms with E-state index in [0.717, 1.165) is 25.7 Å². The molecule has 6 heteroatoms. The second kappa shape index (κ2) is 15.9. The molecule has 0 heterocycles. The Morgan fingerprint density at radius 2 is 1.33 bits per heavy atom. The molecule has 27 heavy (non-hydrogen) atoms. The van der Waals surface area contributed by atoms with Crippen molar-refractivity contribution < 1.29 is 23.0 Å². The molecule has 0 aliphatic carbocycles. The van der Waals surface area contributed by atoms with Gasteiger partial charge in [0, 0.05) is 0 Å². The number of hydrogen-bond acceptors (Lipinski definition) is 3. The van der Waals surface area contributed by atoms with Crippen molar-refractivity contribution in [2.75, 3.05) is 34.3 Å². The van der Waals surface area contributed by atoms with Gasteiger partial charge >= 0.3 is 7.82 Å². The molecule has 0 aliphatic rings. The molecule has 2 unspecified atom stereocenters. The van der Waals surface area contributed by atoms with Crippen LogP contribution < -0.4 is 0 Å². The molecule has 0 aromatic carbocycles. The lowest BCUT2D eigenvalue weighted by molar-refractivity contribution is -0.870. The molecule has 164 valence electrons. The zero-order valence-corrected chi connectivity index (χ0v) is 19.6. The van der Waals surface area contributed by atoms with Gasteiger partial charge in [-0.25, -0.2) is 4.57 Å². The van der Waals surface area contributed by atoms with E-state index in [1.807, 2.05) is 21.1 Å². The van der Waals surface area contributed by atoms with Crippen molar-refractivity contribution in [1.82, 2.24) is 0 Å². The lowest BCUT2D eigenvalue weighted by Gasteiger charge is -2.25. The third-order valence-corrected chi connectivity index (χ3v) is 5.86. The summed E-state index contributed by atoms with van der Waals surface area (Å²) >= 11 is 0. The first-order valence-corrected chi connectivity index (χ1v) is 12.7. The fourth-order valence-corrected chi connectivity index (χ4v) is 4.04. The summed E-state index contributed by atoms with van der Waals surface area (Å²) in [5, 5.41) is 0. The van der Waals surface area contributed by atoms with Gasteiger partial charge in [-0.2, -0.15) is 0 Å². The normalized spacial score (nSPS) is 15.6. The maximum atomic E-state index is 12.2. The van der Waals surface area contributed by atoms with Crippen LogP contribution in [0.3, 0.4) is 0 Å². The summed E-state index contributed by atoms with van der Waals surface area (Å²) in [7, 11) is 2.12. The van der Waals surface area contributed by atoms with Crippen molar-refractivity contribution in [1.29, 1.82) is 0 Å². The molecule has 0 amide bonds. The summed E-state index contributed by atoms with van der Waals surface area (Å²) in [6.07, 6.45) is 15.3. The van der Waals surface area contributed by atoms with E-state index < -0.39 is 7.82 Å². The molecule has 2 atom stereocenters. The molecule has 0 bridgehead atoms. The highest BCUT2D eigenvalue weighted by molar-refractivity contribution is 7.47. The summed E-state index contributed by atoms with van der Waals surface area (Å²) in [5.41, 5.74) is 0. The van der Waals surface area contributed by atoms with Crippen LogP contribution in [0.5, 0.6) is 0 Å². The Bertz CT molecular complexity index is 385. The van der Waals surface area contributed by atoms with Crippen LogP contribution in [0.1, 0.15) is 97.3 Å². The molecular weight excluding hydrogens is 361 g/mol. The van der Waals surface area contributed by atoms with Gasteiger partial charge in [-0.3, -0.25) is 9.05 Å². The Hall–Kier alpha value is 0.0700. The Labute approximate surface area is 169 Å². The van der Waals surface area contributed by atoms with Crippen LogP contribution in [0, 0.1) is 0 Å². The Kier molecular flexibility index (Phi) is 16.0. The monoisotopic (exact) mass is 408 g/mol. The molecule has 0 saturated heterocycles. The highest BCUT2D eigenvalue weighted by Crippen LogP contribution is 2.45. The predicted octanol–water partition coefficient (Wildman–Crippen LogP) is 6.31. The van der Waals surface area contributed by atoms with Crippen LogP contribution in [0.15, 0.2) is 0 Å². The third kappa shape index (κ3) is 19.2. The topological polar surface area (TPSA) is 55.8 Å². The minimum atomic E-state index is -3.95. The van der Waals surface area contributed by atoms with Crippen molar-refractivity contribution >= 4 is 7.82 Å². The fraction of sp³-hybridized carbons (Fsp3) is 1.00. The number of nitrogens with zero attached hydrogens (tertiary/aromatic N) is 1. The van der Waals surface area contributed by atoms with Crippen LogP contribution in [-0.4, -0.2) is 49.8 Å². The maximum absolute atomic E-state index is 12.2. The number of quaternary nitrogens is 1. The molecule has 0 aromatic rings. The lowest BCUT2D eigenvalue weighted by atomic mass is 10.0. The second-order valence-corrected chi connectivity index (χ2v) is 10.2. The number of hydrogen-bond donors (Lipinski definition) is 1. The lowest BCUT2D eigenvalue weighted by Crippen LogP contribution is -2.37. The van der Waals surface area contributed by atoms with Gasteiger partial charge in [0.05, 0.1) is 27.2 Å². The van der Waals surface area contributed by atoms with Crippen molar-refractivity contribution in [3.8, 4) is 0 Å². The Morgan fingerprint density at radius 1 is 0.815 bits per heavy atom. The minimum Gasteiger partial charge on any atom is -0.329 e. The van der Waals surface area contributed by atoms with E-state index in [9.17, 15) is 9.46 Å². The van der Waals surface area contributed by atoms with E-state index in [0.29, 0.717) is 11.0 Å². The predicted molar refractivity (Wildman–Crippen MR) is 115 cm³/mol. The number of likely N-dealkylation sites (N-methyl/N-ethyl adjacent to an activating group) is 1. The summed E-state index contributed by atoms with van der Waals surface area (Å²) in [5.74, 6) is 0. The van der Waals surface area contributed by atoms with E-state index >= 15 is 0 Å². The molecule has 0 rings (SSSR count). The Morgan fingerprint density at radius 3 is 1.81 bits per heavy atom. The number of unbranched alkanes of at least 4 members (excludes halogenated alkanes) is 9. The molecule has 0 aromatic heterocycles. The number of rotatable bonds is 19. The summed E-state index contributed by atoms with van der Waals surface area (Å²) < 4.78 is 23.5. The molecule has 0 spiro atoms. The molecule has 1 N–H and O–H groups in total. The third-order valence-electron chi connectivity index (χ3n) is 4.79. The zero-order valence-electron chi connectivity index (χ0n) is 18.8. The van der Waals surface area contributed by atoms with Crippen LogP contribution in [0.2, 0.25) is 0 Å². The van der Waals surface area contributed by atoms with Crippen molar-refractivity contribution in [2.45, 2.75) is 103 Å². The highest BCUT2D eigenvalue weighted by Gasteiger charge is 2.26. The number of phosphoric acid groups is 1. The second-order valence-electron chi connectivity index (χ2n) is 8.80. The molecular formula is C21H47NO4P+. The van der Waals surface area contributed by atoms with Crippen LogP contribution in [-0.2, 0) is 13.6 Å². The van der Waals surface area contributed by atoms with E-state index in [1.54, 1.807) is 0 Å². The summed E-state index contributed by atoms with van der Waals surface area (Å²) in [6, 6.07) is 0. The zero-order chi connectivity index (χ0) is 20.6. The van der Waals surface area contributed by atoms with Crippen molar-refractivity contribution in [2.24, 2.45) is 0 Å². The van der Waals surface area contributed by atoms with Crippen molar-refractivity contribution in [3.63, 3.8) is 0 Å². The van der Waals surface area contributed by atoms with Crippen LogP contribution >= 0.6 is 7.82 Å². The SMILES string of the molecule is CCCCCCCCCCCCC(CCC)OP(=O)(O)OCC[N+](C)(C)C. The quantitative estimate of drug-likeness (QED) is 0.155. The largest absolute Gasteiger partial charge is 0.472 e. The van der Waals surface area contributed by atoms with E-state index in [1.165, 1.54) is 57.8 Å². The molecule has 0 fully saturated rings. The standard InChI is InChI=1S/C21H46NO4P/c1-6-8-9-10-11-12-13-14-15-16-18-21(17-7-2)26-27(23,24)25-20-19-22(3,4)5/h21H,6-20H2,1-5H3/p+1. The molecule has 0 aliphatic heterocycles. The van der Waals surface area contributed by atoms with Gasteiger partial charge < -0.3 is 9.38 Å². The van der Waals surface area contributed by atoms with Gasteiger partial charge in [0.2, 0.25) is 0 Å². The van der Waals surface area contributed by atoms with Gasteiger partial charge in [0.25, 0.3) is 0 Å². The van der Waals surface area contributed by atoms with Gasteiger partial charge in [-0.1, -0.05) is 84.5 Å². The first-order valence-electron chi connectivity index (χ1n) is 11.2. The van der Waals surface area contributed by atoms with E-state index in [4.69, 9.17) is 9.05 Å². The maximum Gasteiger partial charge on any atom is 0.472 e. The number of phosphoric ester groups is 1. The molecule has 5 nitrogen and oxygen atoms in total. The van der Waals surface area contributed by atoms with Crippen molar-refractivity contribution in [3.05, 3.63) is 0 Å².